The summed E-state index contributed by atoms with van der Waals surface area (Å²) in [5.74, 6) is 0.614. The first-order valence-corrected chi connectivity index (χ1v) is 11.9. The summed E-state index contributed by atoms with van der Waals surface area (Å²) in [6.45, 7) is 0.760. The highest BCUT2D eigenvalue weighted by Gasteiger charge is 2.19. The summed E-state index contributed by atoms with van der Waals surface area (Å²) in [5, 5.41) is 0.609. The van der Waals surface area contributed by atoms with E-state index in [-0.39, 0.29) is 14.9 Å². The van der Waals surface area contributed by atoms with Crippen molar-refractivity contribution >= 4 is 47.0 Å². The molecule has 0 radical (unpaired) electrons. The SMILES string of the molecule is CS(=O)(=O)c1ccc(NS(=O)(=O)c2cc3cc(OCCN)ccc3s2)cn1. The Labute approximate surface area is 161 Å². The number of pyridine rings is 1. The van der Waals surface area contributed by atoms with Gasteiger partial charge in [0.1, 0.15) is 16.6 Å². The normalized spacial score (nSPS) is 12.2. The highest BCUT2D eigenvalue weighted by molar-refractivity contribution is 7.94. The molecule has 0 aliphatic rings. The molecule has 0 bridgehead atoms. The van der Waals surface area contributed by atoms with Gasteiger partial charge < -0.3 is 10.5 Å². The van der Waals surface area contributed by atoms with Gasteiger partial charge in [-0.05, 0) is 41.8 Å². The molecule has 11 heteroatoms. The minimum absolute atomic E-state index is 0.126. The van der Waals surface area contributed by atoms with Gasteiger partial charge >= 0.3 is 0 Å². The van der Waals surface area contributed by atoms with Crippen LogP contribution in [-0.4, -0.2) is 41.2 Å². The van der Waals surface area contributed by atoms with Crippen molar-refractivity contribution < 1.29 is 21.6 Å². The van der Waals surface area contributed by atoms with E-state index in [9.17, 15) is 16.8 Å². The third kappa shape index (κ3) is 4.56. The maximum absolute atomic E-state index is 12.6. The predicted molar refractivity (Wildman–Crippen MR) is 105 cm³/mol. The van der Waals surface area contributed by atoms with Crippen molar-refractivity contribution in [2.24, 2.45) is 5.73 Å². The van der Waals surface area contributed by atoms with Gasteiger partial charge in [0.15, 0.2) is 14.9 Å². The third-order valence-electron chi connectivity index (χ3n) is 3.49. The van der Waals surface area contributed by atoms with Crippen LogP contribution in [0.25, 0.3) is 10.1 Å². The number of nitrogens with one attached hydrogen (secondary N) is 1. The number of hydrogen-bond acceptors (Lipinski definition) is 8. The number of rotatable bonds is 7. The summed E-state index contributed by atoms with van der Waals surface area (Å²) in [6, 6.07) is 9.45. The Morgan fingerprint density at radius 2 is 1.93 bits per heavy atom. The Hall–Kier alpha value is -2.21. The molecule has 27 heavy (non-hydrogen) atoms. The maximum atomic E-state index is 12.6. The first kappa shape index (κ1) is 19.5. The van der Waals surface area contributed by atoms with Gasteiger partial charge in [0.2, 0.25) is 0 Å². The Morgan fingerprint density at radius 3 is 2.56 bits per heavy atom. The molecule has 0 amide bonds. The molecule has 0 saturated carbocycles. The summed E-state index contributed by atoms with van der Waals surface area (Å²) < 4.78 is 56.9. The smallest absolute Gasteiger partial charge is 0.271 e. The number of thiophene rings is 1. The van der Waals surface area contributed by atoms with E-state index in [2.05, 4.69) is 9.71 Å². The topological polar surface area (TPSA) is 128 Å². The zero-order valence-electron chi connectivity index (χ0n) is 14.2. The van der Waals surface area contributed by atoms with Gasteiger partial charge in [0.05, 0.1) is 11.9 Å². The number of nitrogens with zero attached hydrogens (tertiary/aromatic N) is 1. The van der Waals surface area contributed by atoms with Crippen LogP contribution in [0.3, 0.4) is 0 Å². The van der Waals surface area contributed by atoms with E-state index in [4.69, 9.17) is 10.5 Å². The molecular weight excluding hydrogens is 410 g/mol. The molecule has 0 unspecified atom stereocenters. The quantitative estimate of drug-likeness (QED) is 0.588. The van der Waals surface area contributed by atoms with E-state index >= 15 is 0 Å². The maximum Gasteiger partial charge on any atom is 0.271 e. The molecule has 0 fully saturated rings. The van der Waals surface area contributed by atoms with Gasteiger partial charge in [-0.3, -0.25) is 4.72 Å². The van der Waals surface area contributed by atoms with Crippen LogP contribution in [0.15, 0.2) is 51.8 Å². The molecule has 3 aromatic rings. The second-order valence-electron chi connectivity index (χ2n) is 5.66. The number of nitrogens with two attached hydrogens (primary N) is 1. The largest absolute Gasteiger partial charge is 0.492 e. The van der Waals surface area contributed by atoms with Gasteiger partial charge in [0.25, 0.3) is 10.0 Å². The average molecular weight is 428 g/mol. The zero-order chi connectivity index (χ0) is 19.7. The van der Waals surface area contributed by atoms with E-state index in [1.165, 1.54) is 18.3 Å². The number of ether oxygens (including phenoxy) is 1. The molecule has 0 atom stereocenters. The van der Waals surface area contributed by atoms with Crippen LogP contribution in [0.1, 0.15) is 0 Å². The fraction of sp³-hybridized carbons (Fsp3) is 0.188. The lowest BCUT2D eigenvalue weighted by atomic mass is 10.2. The molecule has 3 N–H and O–H groups in total. The van der Waals surface area contributed by atoms with Gasteiger partial charge in [-0.25, -0.2) is 21.8 Å². The highest BCUT2D eigenvalue weighted by Crippen LogP contribution is 2.32. The van der Waals surface area contributed by atoms with Crippen LogP contribution in [0, 0.1) is 0 Å². The molecule has 0 aliphatic heterocycles. The summed E-state index contributed by atoms with van der Waals surface area (Å²) in [7, 11) is -7.28. The molecule has 1 aromatic carbocycles. The predicted octanol–water partition coefficient (Wildman–Crippen LogP) is 1.84. The van der Waals surface area contributed by atoms with Gasteiger partial charge in [-0.2, -0.15) is 0 Å². The standard InChI is InChI=1S/C16H17N3O5S3/c1-26(20,21)15-5-2-12(10-18-15)19-27(22,23)16-9-11-8-13(24-7-6-17)3-4-14(11)25-16/h2-5,8-10,19H,6-7,17H2,1H3. The van der Waals surface area contributed by atoms with E-state index in [1.54, 1.807) is 24.3 Å². The van der Waals surface area contributed by atoms with Crippen molar-refractivity contribution in [2.45, 2.75) is 9.24 Å². The first-order chi connectivity index (χ1) is 12.7. The molecule has 144 valence electrons. The fourth-order valence-electron chi connectivity index (χ4n) is 2.26. The van der Waals surface area contributed by atoms with Gasteiger partial charge in [0, 0.05) is 17.5 Å². The summed E-state index contributed by atoms with van der Waals surface area (Å²) in [6.07, 6.45) is 2.20. The average Bonchev–Trinajstić information content (AvgIpc) is 3.03. The Balaban J connectivity index is 1.86. The first-order valence-electron chi connectivity index (χ1n) is 7.74. The lowest BCUT2D eigenvalue weighted by Crippen LogP contribution is -2.12. The van der Waals surface area contributed by atoms with E-state index in [0.29, 0.717) is 18.9 Å². The van der Waals surface area contributed by atoms with E-state index in [0.717, 1.165) is 27.7 Å². The van der Waals surface area contributed by atoms with Crippen molar-refractivity contribution in [2.75, 3.05) is 24.1 Å². The Kier molecular flexibility index (Phi) is 5.38. The van der Waals surface area contributed by atoms with Crippen LogP contribution in [-0.2, 0) is 19.9 Å². The number of sulfone groups is 1. The second kappa shape index (κ2) is 7.43. The number of aromatic nitrogens is 1. The molecule has 0 saturated heterocycles. The lowest BCUT2D eigenvalue weighted by Gasteiger charge is -2.06. The molecule has 0 spiro atoms. The van der Waals surface area contributed by atoms with E-state index < -0.39 is 19.9 Å². The summed E-state index contributed by atoms with van der Waals surface area (Å²) >= 11 is 1.12. The van der Waals surface area contributed by atoms with Crippen molar-refractivity contribution in [1.82, 2.24) is 4.98 Å². The number of benzene rings is 1. The van der Waals surface area contributed by atoms with Crippen molar-refractivity contribution in [3.05, 3.63) is 42.6 Å². The Bertz CT molecular complexity index is 1170. The highest BCUT2D eigenvalue weighted by atomic mass is 32.2. The molecular formula is C16H17N3O5S3. The number of sulfonamides is 1. The molecule has 2 heterocycles. The summed E-state index contributed by atoms with van der Waals surface area (Å²) in [5.41, 5.74) is 5.58. The van der Waals surface area contributed by atoms with Crippen LogP contribution >= 0.6 is 11.3 Å². The molecule has 0 aliphatic carbocycles. The van der Waals surface area contributed by atoms with Crippen molar-refractivity contribution in [1.29, 1.82) is 0 Å². The molecule has 8 nitrogen and oxygen atoms in total. The Morgan fingerprint density at radius 1 is 1.15 bits per heavy atom. The number of fused-ring (bicyclic) bond motifs is 1. The lowest BCUT2D eigenvalue weighted by molar-refractivity contribution is 0.329. The minimum Gasteiger partial charge on any atom is -0.492 e. The second-order valence-corrected chi connectivity index (χ2v) is 10.6. The summed E-state index contributed by atoms with van der Waals surface area (Å²) in [4.78, 5) is 3.77. The zero-order valence-corrected chi connectivity index (χ0v) is 16.7. The van der Waals surface area contributed by atoms with Crippen molar-refractivity contribution in [3.63, 3.8) is 0 Å². The van der Waals surface area contributed by atoms with Gasteiger partial charge in [-0.15, -0.1) is 11.3 Å². The number of anilines is 1. The van der Waals surface area contributed by atoms with Crippen molar-refractivity contribution in [3.8, 4) is 5.75 Å². The van der Waals surface area contributed by atoms with E-state index in [1.807, 2.05) is 0 Å². The van der Waals surface area contributed by atoms with Crippen LogP contribution in [0.2, 0.25) is 0 Å². The molecule has 3 rings (SSSR count). The number of hydrogen-bond donors (Lipinski definition) is 2. The molecule has 2 aromatic heterocycles. The van der Waals surface area contributed by atoms with Gasteiger partial charge in [-0.1, -0.05) is 0 Å². The van der Waals surface area contributed by atoms with Crippen LogP contribution in [0.4, 0.5) is 5.69 Å². The fourth-order valence-corrected chi connectivity index (χ4v) is 5.24. The third-order valence-corrected chi connectivity index (χ3v) is 7.46. The minimum atomic E-state index is -3.84. The monoisotopic (exact) mass is 427 g/mol. The van der Waals surface area contributed by atoms with Crippen LogP contribution < -0.4 is 15.2 Å². The van der Waals surface area contributed by atoms with Crippen LogP contribution in [0.5, 0.6) is 5.75 Å².